The molecule has 0 unspecified atom stereocenters. The number of nitrogen functional groups attached to an aromatic ring is 1. The van der Waals surface area contributed by atoms with E-state index < -0.39 is 5.82 Å². The average molecular weight is 316 g/mol. The van der Waals surface area contributed by atoms with Crippen molar-refractivity contribution in [3.63, 3.8) is 0 Å². The van der Waals surface area contributed by atoms with Gasteiger partial charge in [-0.2, -0.15) is 5.10 Å². The number of halogens is 2. The number of anilines is 1. The highest BCUT2D eigenvalue weighted by molar-refractivity contribution is 9.10. The maximum absolute atomic E-state index is 14.2. The molecule has 0 saturated heterocycles. The Bertz CT molecular complexity index is 586. The minimum atomic E-state index is -0.476. The lowest BCUT2D eigenvalue weighted by atomic mass is 10.1. The number of rotatable bonds is 3. The van der Waals surface area contributed by atoms with E-state index in [9.17, 15) is 4.39 Å². The molecule has 2 rings (SSSR count). The Balaban J connectivity index is 2.65. The molecule has 0 aliphatic heterocycles. The zero-order valence-electron chi connectivity index (χ0n) is 9.75. The van der Waals surface area contributed by atoms with Crippen LogP contribution in [0.3, 0.4) is 0 Å². The molecule has 1 heterocycles. The fourth-order valence-electron chi connectivity index (χ4n) is 1.60. The monoisotopic (exact) mass is 315 g/mol. The van der Waals surface area contributed by atoms with Crippen molar-refractivity contribution in [2.45, 2.75) is 0 Å². The lowest BCUT2D eigenvalue weighted by Gasteiger charge is -2.12. The van der Waals surface area contributed by atoms with Gasteiger partial charge in [-0.05, 0) is 22.0 Å². The van der Waals surface area contributed by atoms with Crippen molar-refractivity contribution in [1.29, 1.82) is 0 Å². The van der Waals surface area contributed by atoms with Crippen molar-refractivity contribution in [2.75, 3.05) is 20.0 Å². The van der Waals surface area contributed by atoms with Crippen molar-refractivity contribution in [1.82, 2.24) is 10.2 Å². The number of hydrogen-bond donors (Lipinski definition) is 2. The van der Waals surface area contributed by atoms with E-state index >= 15 is 0 Å². The molecule has 0 radical (unpaired) electrons. The van der Waals surface area contributed by atoms with Gasteiger partial charge in [0.05, 0.1) is 24.4 Å². The van der Waals surface area contributed by atoms with Crippen molar-refractivity contribution >= 4 is 21.7 Å². The van der Waals surface area contributed by atoms with E-state index in [1.807, 2.05) is 0 Å². The van der Waals surface area contributed by atoms with Crippen LogP contribution in [0, 0.1) is 5.82 Å². The molecule has 3 N–H and O–H groups in total. The van der Waals surface area contributed by atoms with Crippen LogP contribution in [0.15, 0.2) is 16.6 Å². The van der Waals surface area contributed by atoms with Crippen LogP contribution in [-0.4, -0.2) is 24.4 Å². The minimum absolute atomic E-state index is 0.188. The van der Waals surface area contributed by atoms with Crippen LogP contribution in [0.5, 0.6) is 11.5 Å². The number of aromatic amines is 1. The van der Waals surface area contributed by atoms with Gasteiger partial charge in [-0.1, -0.05) is 0 Å². The maximum Gasteiger partial charge on any atom is 0.177 e. The molecule has 0 spiro atoms. The number of ether oxygens (including phenoxy) is 2. The summed E-state index contributed by atoms with van der Waals surface area (Å²) < 4.78 is 24.6. The van der Waals surface area contributed by atoms with E-state index in [-0.39, 0.29) is 10.3 Å². The number of methoxy groups -OCH3 is 2. The second-order valence-corrected chi connectivity index (χ2v) is 4.29. The quantitative estimate of drug-likeness (QED) is 0.913. The number of nitrogens with zero attached hydrogens (tertiary/aromatic N) is 1. The van der Waals surface area contributed by atoms with E-state index in [1.54, 1.807) is 0 Å². The average Bonchev–Trinajstić information content (AvgIpc) is 2.78. The van der Waals surface area contributed by atoms with Crippen molar-refractivity contribution < 1.29 is 13.9 Å². The first-order valence-corrected chi connectivity index (χ1v) is 5.79. The minimum Gasteiger partial charge on any atom is -0.493 e. The second-order valence-electron chi connectivity index (χ2n) is 3.49. The van der Waals surface area contributed by atoms with Gasteiger partial charge >= 0.3 is 0 Å². The molecule has 2 aromatic rings. The summed E-state index contributed by atoms with van der Waals surface area (Å²) in [4.78, 5) is 0. The lowest BCUT2D eigenvalue weighted by molar-refractivity contribution is 0.350. The normalized spacial score (nSPS) is 10.4. The summed E-state index contributed by atoms with van der Waals surface area (Å²) in [6.45, 7) is 0. The molecule has 1 aromatic heterocycles. The summed E-state index contributed by atoms with van der Waals surface area (Å²) in [7, 11) is 2.92. The van der Waals surface area contributed by atoms with Gasteiger partial charge in [-0.3, -0.25) is 5.10 Å². The summed E-state index contributed by atoms with van der Waals surface area (Å²) in [6, 6.07) is 3.06. The van der Waals surface area contributed by atoms with Gasteiger partial charge in [-0.15, -0.1) is 0 Å². The molecule has 1 aromatic carbocycles. The number of benzene rings is 1. The molecule has 0 aliphatic rings. The molecule has 0 saturated carbocycles. The predicted octanol–water partition coefficient (Wildman–Crippen LogP) is 2.58. The van der Waals surface area contributed by atoms with E-state index in [4.69, 9.17) is 15.2 Å². The Hall–Kier alpha value is -1.76. The molecule has 0 bridgehead atoms. The largest absolute Gasteiger partial charge is 0.493 e. The van der Waals surface area contributed by atoms with Gasteiger partial charge in [-0.25, -0.2) is 4.39 Å². The Morgan fingerprint density at radius 1 is 1.33 bits per heavy atom. The molecule has 7 heteroatoms. The van der Waals surface area contributed by atoms with Crippen LogP contribution in [-0.2, 0) is 0 Å². The van der Waals surface area contributed by atoms with Gasteiger partial charge < -0.3 is 15.2 Å². The third-order valence-electron chi connectivity index (χ3n) is 2.44. The Labute approximate surface area is 111 Å². The lowest BCUT2D eigenvalue weighted by Crippen LogP contribution is -1.96. The van der Waals surface area contributed by atoms with Crippen molar-refractivity contribution in [3.05, 3.63) is 22.4 Å². The number of H-pyrrole nitrogens is 1. The molecular weight excluding hydrogens is 305 g/mol. The fourth-order valence-corrected chi connectivity index (χ4v) is 2.17. The first-order valence-electron chi connectivity index (χ1n) is 4.99. The molecule has 5 nitrogen and oxygen atoms in total. The Morgan fingerprint density at radius 3 is 2.56 bits per heavy atom. The van der Waals surface area contributed by atoms with Crippen LogP contribution >= 0.6 is 15.9 Å². The number of nitrogens with two attached hydrogens (primary N) is 1. The smallest absolute Gasteiger partial charge is 0.177 e. The van der Waals surface area contributed by atoms with Crippen LogP contribution < -0.4 is 15.2 Å². The van der Waals surface area contributed by atoms with Crippen molar-refractivity contribution in [2.24, 2.45) is 0 Å². The zero-order valence-corrected chi connectivity index (χ0v) is 11.3. The first-order chi connectivity index (χ1) is 8.58. The van der Waals surface area contributed by atoms with Gasteiger partial charge in [0, 0.05) is 11.6 Å². The van der Waals surface area contributed by atoms with Crippen LogP contribution in [0.4, 0.5) is 10.2 Å². The molecule has 0 aliphatic carbocycles. The molecule has 18 heavy (non-hydrogen) atoms. The highest BCUT2D eigenvalue weighted by atomic mass is 79.9. The van der Waals surface area contributed by atoms with E-state index in [2.05, 4.69) is 26.1 Å². The maximum atomic E-state index is 14.2. The van der Waals surface area contributed by atoms with E-state index in [1.165, 1.54) is 26.4 Å². The van der Waals surface area contributed by atoms with Crippen LogP contribution in [0.1, 0.15) is 0 Å². The Morgan fingerprint density at radius 2 is 2.06 bits per heavy atom. The summed E-state index contributed by atoms with van der Waals surface area (Å²) in [6.07, 6.45) is 0. The van der Waals surface area contributed by atoms with E-state index in [0.29, 0.717) is 22.8 Å². The fraction of sp³-hybridized carbons (Fsp3) is 0.182. The highest BCUT2D eigenvalue weighted by Gasteiger charge is 2.19. The summed E-state index contributed by atoms with van der Waals surface area (Å²) in [5, 5.41) is 6.41. The van der Waals surface area contributed by atoms with E-state index in [0.717, 1.165) is 0 Å². The van der Waals surface area contributed by atoms with Crippen molar-refractivity contribution in [3.8, 4) is 22.8 Å². The summed E-state index contributed by atoms with van der Waals surface area (Å²) in [5.41, 5.74) is 6.26. The Kier molecular flexibility index (Phi) is 3.42. The van der Waals surface area contributed by atoms with Gasteiger partial charge in [0.25, 0.3) is 0 Å². The van der Waals surface area contributed by atoms with Crippen LogP contribution in [0.2, 0.25) is 0 Å². The molecule has 0 amide bonds. The van der Waals surface area contributed by atoms with Gasteiger partial charge in [0.2, 0.25) is 0 Å². The number of aromatic nitrogens is 2. The predicted molar refractivity (Wildman–Crippen MR) is 69.2 cm³/mol. The standard InChI is InChI=1S/C11H11BrFN3O2/c1-17-7-3-5(6-4-8(14)16-15-6)10(13)9(12)11(7)18-2/h3-4H,1-2H3,(H3,14,15,16). The summed E-state index contributed by atoms with van der Waals surface area (Å²) in [5.74, 6) is 0.520. The highest BCUT2D eigenvalue weighted by Crippen LogP contribution is 2.41. The first kappa shape index (κ1) is 12.7. The number of hydrogen-bond acceptors (Lipinski definition) is 4. The van der Waals surface area contributed by atoms with Gasteiger partial charge in [0.15, 0.2) is 17.3 Å². The third kappa shape index (κ3) is 2.01. The molecule has 96 valence electrons. The second kappa shape index (κ2) is 4.85. The topological polar surface area (TPSA) is 73.2 Å². The van der Waals surface area contributed by atoms with Crippen LogP contribution in [0.25, 0.3) is 11.3 Å². The zero-order chi connectivity index (χ0) is 13.3. The summed E-state index contributed by atoms with van der Waals surface area (Å²) >= 11 is 3.14. The molecule has 0 atom stereocenters. The number of nitrogens with one attached hydrogen (secondary N) is 1. The molecule has 0 fully saturated rings. The molecular formula is C11H11BrFN3O2. The SMILES string of the molecule is COc1cc(-c2cc(N)n[nH]2)c(F)c(Br)c1OC. The third-order valence-corrected chi connectivity index (χ3v) is 3.15. The van der Waals surface area contributed by atoms with Gasteiger partial charge in [0.1, 0.15) is 5.82 Å².